The van der Waals surface area contributed by atoms with Crippen molar-refractivity contribution in [3.05, 3.63) is 39.3 Å². The maximum atomic E-state index is 11.8. The van der Waals surface area contributed by atoms with E-state index in [0.717, 1.165) is 5.69 Å². The fraction of sp³-hybridized carbons (Fsp3) is 0.429. The third-order valence-corrected chi connectivity index (χ3v) is 3.26. The Labute approximate surface area is 138 Å². The van der Waals surface area contributed by atoms with Crippen LogP contribution in [-0.2, 0) is 18.2 Å². The number of pyridine rings is 1. The van der Waals surface area contributed by atoms with Gasteiger partial charge in [0.05, 0.1) is 17.7 Å². The summed E-state index contributed by atoms with van der Waals surface area (Å²) in [5, 5.41) is 22.2. The van der Waals surface area contributed by atoms with E-state index in [1.165, 1.54) is 13.2 Å². The number of hydrogen-bond donors (Lipinski definition) is 1. The summed E-state index contributed by atoms with van der Waals surface area (Å²) in [6.07, 6.45) is 2.25. The molecule has 0 unspecified atom stereocenters. The molecule has 0 radical (unpaired) electrons. The quantitative estimate of drug-likeness (QED) is 0.475. The second kappa shape index (κ2) is 7.02. The SMILES string of the molecule is COC(=O)c1cc(C)nc(N[C@H](C)Cc2cn(C)nn2)c1[N+](=O)[O-]. The van der Waals surface area contributed by atoms with Gasteiger partial charge in [-0.15, -0.1) is 5.10 Å². The molecule has 0 aliphatic carbocycles. The highest BCUT2D eigenvalue weighted by molar-refractivity contribution is 5.96. The van der Waals surface area contributed by atoms with Crippen LogP contribution in [-0.4, -0.2) is 44.0 Å². The topological polar surface area (TPSA) is 125 Å². The minimum Gasteiger partial charge on any atom is -0.465 e. The molecule has 0 bridgehead atoms. The van der Waals surface area contributed by atoms with Gasteiger partial charge in [0.15, 0.2) is 0 Å². The number of nitro groups is 1. The molecule has 2 rings (SSSR count). The number of ether oxygens (including phenoxy) is 1. The molecule has 128 valence electrons. The van der Waals surface area contributed by atoms with Gasteiger partial charge in [-0.25, -0.2) is 9.78 Å². The standard InChI is InChI=1S/C14H18N6O4/c1-8(5-10-7-19(3)18-17-10)15-13-12(20(22)23)11(14(21)24-4)6-9(2)16-13/h6-8H,5H2,1-4H3,(H,15,16)/t8-/m1/s1. The molecule has 0 aliphatic heterocycles. The van der Waals surface area contributed by atoms with Gasteiger partial charge in [0, 0.05) is 31.4 Å². The monoisotopic (exact) mass is 334 g/mol. The summed E-state index contributed by atoms with van der Waals surface area (Å²) in [5.74, 6) is -0.756. The van der Waals surface area contributed by atoms with Crippen LogP contribution in [0.1, 0.15) is 28.7 Å². The Morgan fingerprint density at radius 3 is 2.79 bits per heavy atom. The number of nitrogens with zero attached hydrogens (tertiary/aromatic N) is 5. The maximum Gasteiger partial charge on any atom is 0.345 e. The molecule has 24 heavy (non-hydrogen) atoms. The molecule has 1 N–H and O–H groups in total. The van der Waals surface area contributed by atoms with Crippen molar-refractivity contribution in [1.82, 2.24) is 20.0 Å². The lowest BCUT2D eigenvalue weighted by Crippen LogP contribution is -2.21. The fourth-order valence-corrected chi connectivity index (χ4v) is 2.30. The number of rotatable bonds is 6. The van der Waals surface area contributed by atoms with E-state index in [1.54, 1.807) is 24.9 Å². The van der Waals surface area contributed by atoms with Crippen molar-refractivity contribution in [2.45, 2.75) is 26.3 Å². The second-order valence-corrected chi connectivity index (χ2v) is 5.39. The Hall–Kier alpha value is -3.04. The number of methoxy groups -OCH3 is 1. The molecule has 0 fully saturated rings. The number of hydrogen-bond acceptors (Lipinski definition) is 8. The van der Waals surface area contributed by atoms with E-state index < -0.39 is 16.6 Å². The van der Waals surface area contributed by atoms with Gasteiger partial charge in [-0.3, -0.25) is 14.8 Å². The van der Waals surface area contributed by atoms with Crippen LogP contribution in [0.3, 0.4) is 0 Å². The van der Waals surface area contributed by atoms with Crippen LogP contribution in [0.15, 0.2) is 12.3 Å². The van der Waals surface area contributed by atoms with E-state index in [2.05, 4.69) is 25.3 Å². The van der Waals surface area contributed by atoms with Crippen molar-refractivity contribution in [3.8, 4) is 0 Å². The summed E-state index contributed by atoms with van der Waals surface area (Å²) in [6.45, 7) is 3.48. The molecule has 0 aliphatic rings. The lowest BCUT2D eigenvalue weighted by atomic mass is 10.1. The van der Waals surface area contributed by atoms with Crippen LogP contribution in [0.4, 0.5) is 11.5 Å². The zero-order chi connectivity index (χ0) is 17.9. The van der Waals surface area contributed by atoms with Crippen molar-refractivity contribution in [3.63, 3.8) is 0 Å². The van der Waals surface area contributed by atoms with E-state index >= 15 is 0 Å². The molecule has 10 nitrogen and oxygen atoms in total. The summed E-state index contributed by atoms with van der Waals surface area (Å²) in [6, 6.07) is 1.13. The summed E-state index contributed by atoms with van der Waals surface area (Å²) in [5.41, 5.74) is 0.666. The molecule has 0 saturated carbocycles. The van der Waals surface area contributed by atoms with Gasteiger partial charge in [0.25, 0.3) is 0 Å². The Bertz CT molecular complexity index is 773. The zero-order valence-electron chi connectivity index (χ0n) is 13.8. The fourth-order valence-electron chi connectivity index (χ4n) is 2.30. The first-order valence-corrected chi connectivity index (χ1v) is 7.18. The minimum absolute atomic E-state index is 0.0248. The van der Waals surface area contributed by atoms with E-state index in [1.807, 2.05) is 6.92 Å². The third kappa shape index (κ3) is 3.83. The van der Waals surface area contributed by atoms with Crippen molar-refractivity contribution >= 4 is 17.5 Å². The summed E-state index contributed by atoms with van der Waals surface area (Å²) in [4.78, 5) is 26.7. The summed E-state index contributed by atoms with van der Waals surface area (Å²) >= 11 is 0. The number of nitrogens with one attached hydrogen (secondary N) is 1. The smallest absolute Gasteiger partial charge is 0.345 e. The van der Waals surface area contributed by atoms with E-state index in [-0.39, 0.29) is 17.4 Å². The molecule has 0 amide bonds. The highest BCUT2D eigenvalue weighted by atomic mass is 16.6. The van der Waals surface area contributed by atoms with E-state index in [4.69, 9.17) is 0 Å². The van der Waals surface area contributed by atoms with Crippen molar-refractivity contribution in [1.29, 1.82) is 0 Å². The Morgan fingerprint density at radius 2 is 2.25 bits per heavy atom. The molecule has 10 heteroatoms. The normalized spacial score (nSPS) is 11.8. The predicted molar refractivity (Wildman–Crippen MR) is 84.8 cm³/mol. The van der Waals surface area contributed by atoms with Crippen LogP contribution in [0, 0.1) is 17.0 Å². The average molecular weight is 334 g/mol. The largest absolute Gasteiger partial charge is 0.465 e. The molecule has 1 atom stereocenters. The first-order valence-electron chi connectivity index (χ1n) is 7.18. The minimum atomic E-state index is -0.781. The van der Waals surface area contributed by atoms with Crippen molar-refractivity contribution < 1.29 is 14.5 Å². The molecular formula is C14H18N6O4. The van der Waals surface area contributed by atoms with Gasteiger partial charge in [-0.05, 0) is 19.9 Å². The van der Waals surface area contributed by atoms with Crippen LogP contribution in [0.2, 0.25) is 0 Å². The first-order chi connectivity index (χ1) is 11.3. The summed E-state index contributed by atoms with van der Waals surface area (Å²) in [7, 11) is 2.93. The average Bonchev–Trinajstić information content (AvgIpc) is 2.90. The third-order valence-electron chi connectivity index (χ3n) is 3.26. The second-order valence-electron chi connectivity index (χ2n) is 5.39. The molecule has 0 aromatic carbocycles. The van der Waals surface area contributed by atoms with Crippen LogP contribution < -0.4 is 5.32 Å². The number of esters is 1. The lowest BCUT2D eigenvalue weighted by Gasteiger charge is -2.15. The number of carbonyl (C=O) groups excluding carboxylic acids is 1. The number of aryl methyl sites for hydroxylation is 2. The molecule has 2 aromatic heterocycles. The molecular weight excluding hydrogens is 316 g/mol. The summed E-state index contributed by atoms with van der Waals surface area (Å²) < 4.78 is 6.19. The number of anilines is 1. The molecule has 0 spiro atoms. The van der Waals surface area contributed by atoms with Crippen LogP contribution in [0.5, 0.6) is 0 Å². The van der Waals surface area contributed by atoms with E-state index in [9.17, 15) is 14.9 Å². The Kier molecular flexibility index (Phi) is 5.07. The van der Waals surface area contributed by atoms with Gasteiger partial charge >= 0.3 is 11.7 Å². The number of aromatic nitrogens is 4. The van der Waals surface area contributed by atoms with Gasteiger partial charge in [0.2, 0.25) is 5.82 Å². The molecule has 2 aromatic rings. The first kappa shape index (κ1) is 17.3. The lowest BCUT2D eigenvalue weighted by molar-refractivity contribution is -0.384. The van der Waals surface area contributed by atoms with Gasteiger partial charge in [0.1, 0.15) is 5.56 Å². The maximum absolute atomic E-state index is 11.8. The predicted octanol–water partition coefficient (Wildman–Crippen LogP) is 1.26. The van der Waals surface area contributed by atoms with Crippen LogP contribution in [0.25, 0.3) is 0 Å². The van der Waals surface area contributed by atoms with E-state index in [0.29, 0.717) is 12.1 Å². The highest BCUT2D eigenvalue weighted by Crippen LogP contribution is 2.29. The Balaban J connectivity index is 2.32. The molecule has 2 heterocycles. The van der Waals surface area contributed by atoms with Gasteiger partial charge < -0.3 is 10.1 Å². The van der Waals surface area contributed by atoms with Gasteiger partial charge in [-0.2, -0.15) is 0 Å². The van der Waals surface area contributed by atoms with Crippen molar-refractivity contribution in [2.75, 3.05) is 12.4 Å². The molecule has 0 saturated heterocycles. The number of carbonyl (C=O) groups is 1. The highest BCUT2D eigenvalue weighted by Gasteiger charge is 2.28. The van der Waals surface area contributed by atoms with Crippen LogP contribution >= 0.6 is 0 Å². The zero-order valence-corrected chi connectivity index (χ0v) is 13.8. The van der Waals surface area contributed by atoms with Crippen molar-refractivity contribution in [2.24, 2.45) is 7.05 Å². The van der Waals surface area contributed by atoms with Gasteiger partial charge in [-0.1, -0.05) is 5.21 Å². The Morgan fingerprint density at radius 1 is 1.54 bits per heavy atom.